The van der Waals surface area contributed by atoms with Gasteiger partial charge in [0.2, 0.25) is 0 Å². The molecule has 4 heteroatoms. The van der Waals surface area contributed by atoms with Crippen molar-refractivity contribution < 1.29 is 0 Å². The Morgan fingerprint density at radius 1 is 1.58 bits per heavy atom. The van der Waals surface area contributed by atoms with Gasteiger partial charge in [-0.15, -0.1) is 4.91 Å². The molecule has 1 rings (SSSR count). The molecule has 0 spiro atoms. The van der Waals surface area contributed by atoms with E-state index in [1.807, 2.05) is 6.07 Å². The maximum absolute atomic E-state index is 10.2. The number of nitrogens with zero attached hydrogens (tertiary/aromatic N) is 2. The lowest BCUT2D eigenvalue weighted by molar-refractivity contribution is 1.37. The molecule has 0 fully saturated rings. The molecule has 0 aliphatic carbocycles. The zero-order valence-electron chi connectivity index (χ0n) is 6.34. The average Bonchev–Trinajstić information content (AvgIpc) is 2.08. The Balaban J connectivity index is 3.38. The SMILES string of the molecule is Cc1cc(N=O)c(Cl)cc1C#N. The van der Waals surface area contributed by atoms with Crippen LogP contribution in [0.1, 0.15) is 11.1 Å². The second-order valence-corrected chi connectivity index (χ2v) is 2.73. The van der Waals surface area contributed by atoms with Gasteiger partial charge in [0, 0.05) is 0 Å². The van der Waals surface area contributed by atoms with Crippen LogP contribution in [-0.4, -0.2) is 0 Å². The second-order valence-electron chi connectivity index (χ2n) is 2.32. The molecule has 60 valence electrons. The lowest BCUT2D eigenvalue weighted by Gasteiger charge is -1.98. The van der Waals surface area contributed by atoms with Gasteiger partial charge in [-0.05, 0) is 29.8 Å². The number of aryl methyl sites for hydroxylation is 1. The summed E-state index contributed by atoms with van der Waals surface area (Å²) in [6, 6.07) is 4.89. The van der Waals surface area contributed by atoms with Crippen LogP contribution >= 0.6 is 11.6 Å². The van der Waals surface area contributed by atoms with Gasteiger partial charge in [-0.25, -0.2) is 0 Å². The van der Waals surface area contributed by atoms with Crippen LogP contribution in [0.15, 0.2) is 17.3 Å². The van der Waals surface area contributed by atoms with Gasteiger partial charge >= 0.3 is 0 Å². The van der Waals surface area contributed by atoms with Crippen LogP contribution in [-0.2, 0) is 0 Å². The molecule has 0 radical (unpaired) electrons. The first-order chi connectivity index (χ1) is 5.69. The lowest BCUT2D eigenvalue weighted by Crippen LogP contribution is -1.81. The van der Waals surface area contributed by atoms with Crippen LogP contribution in [0.4, 0.5) is 5.69 Å². The molecule has 12 heavy (non-hydrogen) atoms. The molecule has 0 aliphatic heterocycles. The molecule has 0 aromatic heterocycles. The summed E-state index contributed by atoms with van der Waals surface area (Å²) in [5, 5.41) is 11.5. The van der Waals surface area contributed by atoms with Gasteiger partial charge in [0.25, 0.3) is 0 Å². The fraction of sp³-hybridized carbons (Fsp3) is 0.125. The van der Waals surface area contributed by atoms with Crippen LogP contribution in [0.2, 0.25) is 5.02 Å². The highest BCUT2D eigenvalue weighted by molar-refractivity contribution is 6.33. The first kappa shape index (κ1) is 8.69. The van der Waals surface area contributed by atoms with E-state index in [2.05, 4.69) is 5.18 Å². The second kappa shape index (κ2) is 3.33. The number of hydrogen-bond donors (Lipinski definition) is 0. The fourth-order valence-corrected chi connectivity index (χ4v) is 1.05. The minimum Gasteiger partial charge on any atom is -0.192 e. The molecule has 0 atom stereocenters. The van der Waals surface area contributed by atoms with E-state index >= 15 is 0 Å². The average molecular weight is 181 g/mol. The highest BCUT2D eigenvalue weighted by Gasteiger charge is 2.04. The smallest absolute Gasteiger partial charge is 0.126 e. The third kappa shape index (κ3) is 1.44. The number of nitroso groups, excluding NO2 is 1. The minimum absolute atomic E-state index is 0.174. The number of rotatable bonds is 1. The predicted octanol–water partition coefficient (Wildman–Crippen LogP) is 2.92. The van der Waals surface area contributed by atoms with Gasteiger partial charge in [-0.3, -0.25) is 0 Å². The van der Waals surface area contributed by atoms with Gasteiger partial charge in [0.1, 0.15) is 5.69 Å². The maximum atomic E-state index is 10.2. The van der Waals surface area contributed by atoms with Crippen molar-refractivity contribution in [2.45, 2.75) is 6.92 Å². The molecular formula is C8H5ClN2O. The Morgan fingerprint density at radius 3 is 2.75 bits per heavy atom. The van der Waals surface area contributed by atoms with Crippen LogP contribution in [0, 0.1) is 23.2 Å². The largest absolute Gasteiger partial charge is 0.192 e. The molecule has 0 heterocycles. The Bertz CT molecular complexity index is 368. The van der Waals surface area contributed by atoms with Gasteiger partial charge < -0.3 is 0 Å². The van der Waals surface area contributed by atoms with Crippen molar-refractivity contribution in [3.05, 3.63) is 33.2 Å². The van der Waals surface area contributed by atoms with Crippen molar-refractivity contribution in [1.29, 1.82) is 5.26 Å². The summed E-state index contributed by atoms with van der Waals surface area (Å²) in [7, 11) is 0. The van der Waals surface area contributed by atoms with Crippen molar-refractivity contribution in [3.8, 4) is 6.07 Å². The monoisotopic (exact) mass is 180 g/mol. The molecule has 0 saturated carbocycles. The van der Waals surface area contributed by atoms with Crippen LogP contribution in [0.5, 0.6) is 0 Å². The first-order valence-electron chi connectivity index (χ1n) is 3.22. The van der Waals surface area contributed by atoms with E-state index in [0.29, 0.717) is 11.1 Å². The zero-order valence-corrected chi connectivity index (χ0v) is 7.09. The van der Waals surface area contributed by atoms with E-state index < -0.39 is 0 Å². The first-order valence-corrected chi connectivity index (χ1v) is 3.60. The Hall–Kier alpha value is -1.40. The Labute approximate surface area is 74.6 Å². The molecule has 0 aliphatic rings. The van der Waals surface area contributed by atoms with E-state index in [-0.39, 0.29) is 10.7 Å². The van der Waals surface area contributed by atoms with E-state index in [1.165, 1.54) is 12.1 Å². The summed E-state index contributed by atoms with van der Waals surface area (Å²) in [5.74, 6) is 0. The quantitative estimate of drug-likeness (QED) is 0.624. The van der Waals surface area contributed by atoms with Crippen LogP contribution < -0.4 is 0 Å². The maximum Gasteiger partial charge on any atom is 0.126 e. The summed E-state index contributed by atoms with van der Waals surface area (Å²) >= 11 is 5.64. The van der Waals surface area contributed by atoms with Crippen LogP contribution in [0.25, 0.3) is 0 Å². The Kier molecular flexibility index (Phi) is 2.41. The van der Waals surface area contributed by atoms with E-state index in [4.69, 9.17) is 16.9 Å². The number of halogens is 1. The Morgan fingerprint density at radius 2 is 2.25 bits per heavy atom. The summed E-state index contributed by atoms with van der Waals surface area (Å²) < 4.78 is 0. The van der Waals surface area contributed by atoms with E-state index in [9.17, 15) is 4.91 Å². The van der Waals surface area contributed by atoms with E-state index in [0.717, 1.165) is 0 Å². The van der Waals surface area contributed by atoms with Gasteiger partial charge in [-0.2, -0.15) is 5.26 Å². The number of benzene rings is 1. The molecule has 0 saturated heterocycles. The van der Waals surface area contributed by atoms with Crippen molar-refractivity contribution in [2.75, 3.05) is 0 Å². The predicted molar refractivity (Wildman–Crippen MR) is 46.4 cm³/mol. The van der Waals surface area contributed by atoms with Crippen molar-refractivity contribution in [3.63, 3.8) is 0 Å². The molecule has 0 bridgehead atoms. The molecule has 0 amide bonds. The van der Waals surface area contributed by atoms with Gasteiger partial charge in [-0.1, -0.05) is 11.6 Å². The zero-order chi connectivity index (χ0) is 9.14. The van der Waals surface area contributed by atoms with Crippen molar-refractivity contribution in [2.24, 2.45) is 5.18 Å². The molecule has 0 unspecified atom stereocenters. The van der Waals surface area contributed by atoms with Gasteiger partial charge in [0.05, 0.1) is 16.7 Å². The topological polar surface area (TPSA) is 53.2 Å². The standard InChI is InChI=1S/C8H5ClN2O/c1-5-2-8(11-12)7(9)3-6(5)4-10/h2-3H,1H3. The van der Waals surface area contributed by atoms with Crippen molar-refractivity contribution >= 4 is 17.3 Å². The van der Waals surface area contributed by atoms with Crippen molar-refractivity contribution in [1.82, 2.24) is 0 Å². The number of hydrogen-bond acceptors (Lipinski definition) is 3. The highest BCUT2D eigenvalue weighted by Crippen LogP contribution is 2.27. The summed E-state index contributed by atoms with van der Waals surface area (Å²) in [6.07, 6.45) is 0. The third-order valence-electron chi connectivity index (χ3n) is 1.51. The molecular weight excluding hydrogens is 176 g/mol. The summed E-state index contributed by atoms with van der Waals surface area (Å²) in [6.45, 7) is 1.73. The molecule has 1 aromatic rings. The molecule has 3 nitrogen and oxygen atoms in total. The molecule has 1 aromatic carbocycles. The summed E-state index contributed by atoms with van der Waals surface area (Å²) in [5.41, 5.74) is 1.34. The summed E-state index contributed by atoms with van der Waals surface area (Å²) in [4.78, 5) is 10.2. The number of nitriles is 1. The van der Waals surface area contributed by atoms with Crippen LogP contribution in [0.3, 0.4) is 0 Å². The third-order valence-corrected chi connectivity index (χ3v) is 1.82. The molecule has 0 N–H and O–H groups in total. The minimum atomic E-state index is 0.174. The normalized spacial score (nSPS) is 9.08. The lowest BCUT2D eigenvalue weighted by atomic mass is 10.1. The van der Waals surface area contributed by atoms with Gasteiger partial charge in [0.15, 0.2) is 0 Å². The van der Waals surface area contributed by atoms with E-state index in [1.54, 1.807) is 6.92 Å². The highest BCUT2D eigenvalue weighted by atomic mass is 35.5. The fourth-order valence-electron chi connectivity index (χ4n) is 0.857.